The third kappa shape index (κ3) is 5.48. The largest absolute Gasteiger partial charge is 0.355 e. The molecular weight excluding hydrogens is 430 g/mol. The molecule has 0 aliphatic rings. The van der Waals surface area contributed by atoms with E-state index in [1.54, 1.807) is 25.1 Å². The van der Waals surface area contributed by atoms with Crippen molar-refractivity contribution in [2.75, 3.05) is 17.4 Å². The molecule has 0 bridgehead atoms. The summed E-state index contributed by atoms with van der Waals surface area (Å²) in [5.74, 6) is -0.463. The smallest absolute Gasteiger partial charge is 0.289 e. The molecule has 0 radical (unpaired) electrons. The van der Waals surface area contributed by atoms with Gasteiger partial charge in [0.05, 0.1) is 15.5 Å². The molecule has 0 spiro atoms. The Morgan fingerprint density at radius 1 is 1.20 bits per heavy atom. The number of nitro benzene ring substituents is 1. The fourth-order valence-corrected chi connectivity index (χ4v) is 4.59. The van der Waals surface area contributed by atoms with E-state index >= 15 is 0 Å². The Morgan fingerprint density at radius 2 is 1.90 bits per heavy atom. The second-order valence-electron chi connectivity index (χ2n) is 6.88. The predicted molar refractivity (Wildman–Crippen MR) is 116 cm³/mol. The number of amides is 1. The summed E-state index contributed by atoms with van der Waals surface area (Å²) in [6.07, 6.45) is 1.65. The van der Waals surface area contributed by atoms with E-state index in [1.165, 1.54) is 6.07 Å². The highest BCUT2D eigenvalue weighted by Crippen LogP contribution is 2.31. The fourth-order valence-electron chi connectivity index (χ4n) is 2.90. The minimum atomic E-state index is -4.28. The van der Waals surface area contributed by atoms with Gasteiger partial charge in [-0.2, -0.15) is 0 Å². The zero-order valence-corrected chi connectivity index (χ0v) is 18.6. The van der Waals surface area contributed by atoms with Gasteiger partial charge in [0.2, 0.25) is 5.91 Å². The molecule has 1 N–H and O–H groups in total. The lowest BCUT2D eigenvalue weighted by atomic mass is 10.1. The Hall–Kier alpha value is -2.65. The summed E-state index contributed by atoms with van der Waals surface area (Å²) in [6.45, 7) is 5.57. The van der Waals surface area contributed by atoms with Gasteiger partial charge in [-0.05, 0) is 44.0 Å². The molecule has 0 unspecified atom stereocenters. The van der Waals surface area contributed by atoms with Gasteiger partial charge < -0.3 is 5.32 Å². The van der Waals surface area contributed by atoms with Crippen molar-refractivity contribution in [3.05, 3.63) is 62.7 Å². The van der Waals surface area contributed by atoms with Gasteiger partial charge >= 0.3 is 0 Å². The second kappa shape index (κ2) is 9.90. The summed E-state index contributed by atoms with van der Waals surface area (Å²) in [4.78, 5) is 22.6. The van der Waals surface area contributed by atoms with E-state index in [4.69, 9.17) is 11.6 Å². The average Bonchev–Trinajstić information content (AvgIpc) is 2.66. The average molecular weight is 454 g/mol. The van der Waals surface area contributed by atoms with E-state index in [-0.39, 0.29) is 9.92 Å². The number of nitrogens with one attached hydrogen (secondary N) is 1. The van der Waals surface area contributed by atoms with Crippen molar-refractivity contribution in [3.63, 3.8) is 0 Å². The van der Waals surface area contributed by atoms with Crippen molar-refractivity contribution in [1.82, 2.24) is 5.32 Å². The molecule has 1 amide bonds. The molecular formula is C20H24ClN3O5S. The van der Waals surface area contributed by atoms with Crippen LogP contribution in [-0.2, 0) is 14.8 Å². The molecule has 2 aromatic rings. The topological polar surface area (TPSA) is 110 Å². The lowest BCUT2D eigenvalue weighted by Crippen LogP contribution is -2.41. The molecule has 0 atom stereocenters. The molecule has 162 valence electrons. The monoisotopic (exact) mass is 453 g/mol. The van der Waals surface area contributed by atoms with E-state index in [0.29, 0.717) is 17.8 Å². The number of anilines is 1. The van der Waals surface area contributed by atoms with Crippen molar-refractivity contribution in [3.8, 4) is 0 Å². The van der Waals surface area contributed by atoms with Crippen molar-refractivity contribution < 1.29 is 18.1 Å². The van der Waals surface area contributed by atoms with Crippen LogP contribution in [0.25, 0.3) is 0 Å². The minimum Gasteiger partial charge on any atom is -0.355 e. The number of nitro groups is 1. The molecule has 2 rings (SSSR count). The van der Waals surface area contributed by atoms with Crippen LogP contribution in [0.5, 0.6) is 0 Å². The zero-order chi connectivity index (χ0) is 22.5. The minimum absolute atomic E-state index is 0.172. The first-order valence-corrected chi connectivity index (χ1v) is 11.2. The Labute approximate surface area is 181 Å². The highest BCUT2D eigenvalue weighted by Gasteiger charge is 2.30. The van der Waals surface area contributed by atoms with E-state index in [1.807, 2.05) is 13.8 Å². The molecule has 30 heavy (non-hydrogen) atoms. The SMILES string of the molecule is CCCCNC(=O)CN(c1ccc(C)cc1C)S(=O)(=O)c1ccc(Cl)c([N+](=O)[O-])c1. The number of rotatable bonds is 9. The second-order valence-corrected chi connectivity index (χ2v) is 9.14. The van der Waals surface area contributed by atoms with Gasteiger partial charge in [-0.3, -0.25) is 19.2 Å². The quantitative estimate of drug-likeness (QED) is 0.351. The van der Waals surface area contributed by atoms with Crippen LogP contribution in [0, 0.1) is 24.0 Å². The first-order chi connectivity index (χ1) is 14.1. The van der Waals surface area contributed by atoms with Crippen LogP contribution < -0.4 is 9.62 Å². The summed E-state index contributed by atoms with van der Waals surface area (Å²) >= 11 is 5.82. The van der Waals surface area contributed by atoms with Gasteiger partial charge in [0.1, 0.15) is 11.6 Å². The Kier molecular flexibility index (Phi) is 7.80. The number of nitrogens with zero attached hydrogens (tertiary/aromatic N) is 2. The van der Waals surface area contributed by atoms with Gasteiger partial charge in [0, 0.05) is 12.6 Å². The number of hydrogen-bond donors (Lipinski definition) is 1. The number of halogens is 1. The fraction of sp³-hybridized carbons (Fsp3) is 0.350. The molecule has 0 aliphatic heterocycles. The van der Waals surface area contributed by atoms with Crippen molar-refractivity contribution >= 4 is 38.9 Å². The van der Waals surface area contributed by atoms with Crippen LogP contribution in [0.1, 0.15) is 30.9 Å². The van der Waals surface area contributed by atoms with Gasteiger partial charge in [-0.15, -0.1) is 0 Å². The maximum atomic E-state index is 13.4. The molecule has 8 nitrogen and oxygen atoms in total. The summed E-state index contributed by atoms with van der Waals surface area (Å²) in [6, 6.07) is 8.42. The molecule has 0 saturated heterocycles. The van der Waals surface area contributed by atoms with E-state index in [2.05, 4.69) is 5.32 Å². The molecule has 0 fully saturated rings. The molecule has 0 saturated carbocycles. The van der Waals surface area contributed by atoms with E-state index in [9.17, 15) is 23.3 Å². The first kappa shape index (κ1) is 23.6. The van der Waals surface area contributed by atoms with Crippen molar-refractivity contribution in [2.24, 2.45) is 0 Å². The first-order valence-electron chi connectivity index (χ1n) is 9.38. The number of benzene rings is 2. The van der Waals surface area contributed by atoms with Crippen molar-refractivity contribution in [2.45, 2.75) is 38.5 Å². The highest BCUT2D eigenvalue weighted by molar-refractivity contribution is 7.92. The van der Waals surface area contributed by atoms with Crippen LogP contribution in [0.2, 0.25) is 5.02 Å². The maximum absolute atomic E-state index is 13.4. The molecule has 2 aromatic carbocycles. The normalized spacial score (nSPS) is 11.2. The van der Waals surface area contributed by atoms with Crippen LogP contribution >= 0.6 is 11.6 Å². The van der Waals surface area contributed by atoms with Gasteiger partial charge in [0.25, 0.3) is 15.7 Å². The molecule has 0 aliphatic carbocycles. The van der Waals surface area contributed by atoms with Crippen molar-refractivity contribution in [1.29, 1.82) is 0 Å². The van der Waals surface area contributed by atoms with Gasteiger partial charge in [0.15, 0.2) is 0 Å². The van der Waals surface area contributed by atoms with Crippen LogP contribution in [0.4, 0.5) is 11.4 Å². The Bertz CT molecular complexity index is 1060. The maximum Gasteiger partial charge on any atom is 0.289 e. The van der Waals surface area contributed by atoms with Gasteiger partial charge in [-0.25, -0.2) is 8.42 Å². The van der Waals surface area contributed by atoms with Gasteiger partial charge in [-0.1, -0.05) is 42.6 Å². The van der Waals surface area contributed by atoms with Crippen LogP contribution in [0.15, 0.2) is 41.3 Å². The van der Waals surface area contributed by atoms with E-state index < -0.39 is 33.1 Å². The molecule has 0 aromatic heterocycles. The van der Waals surface area contributed by atoms with Crippen LogP contribution in [0.3, 0.4) is 0 Å². The standard InChI is InChI=1S/C20H24ClN3O5S/c1-4-5-10-22-20(25)13-23(18-9-6-14(2)11-15(18)3)30(28,29)16-7-8-17(21)19(12-16)24(26)27/h6-9,11-12H,4-5,10,13H2,1-3H3,(H,22,25). The molecule has 0 heterocycles. The highest BCUT2D eigenvalue weighted by atomic mass is 35.5. The number of hydrogen-bond acceptors (Lipinski definition) is 5. The van der Waals surface area contributed by atoms with E-state index in [0.717, 1.165) is 34.8 Å². The Morgan fingerprint density at radius 3 is 2.50 bits per heavy atom. The number of carbonyl (C=O) groups is 1. The molecule has 10 heteroatoms. The third-order valence-corrected chi connectivity index (χ3v) is 6.54. The number of carbonyl (C=O) groups excluding carboxylic acids is 1. The lowest BCUT2D eigenvalue weighted by Gasteiger charge is -2.26. The lowest BCUT2D eigenvalue weighted by molar-refractivity contribution is -0.384. The van der Waals surface area contributed by atoms with Crippen LogP contribution in [-0.4, -0.2) is 32.3 Å². The third-order valence-electron chi connectivity index (χ3n) is 4.46. The summed E-state index contributed by atoms with van der Waals surface area (Å²) in [7, 11) is -4.28. The zero-order valence-electron chi connectivity index (χ0n) is 17.0. The summed E-state index contributed by atoms with van der Waals surface area (Å²) < 4.78 is 27.8. The summed E-state index contributed by atoms with van der Waals surface area (Å²) in [5.41, 5.74) is 1.39. The number of unbranched alkanes of at least 4 members (excludes halogenated alkanes) is 1. The number of aryl methyl sites for hydroxylation is 2. The summed E-state index contributed by atoms with van der Waals surface area (Å²) in [5, 5.41) is 13.7. The Balaban J connectivity index is 2.53. The predicted octanol–water partition coefficient (Wildman–Crippen LogP) is 3.98. The number of sulfonamides is 1.